The van der Waals surface area contributed by atoms with Gasteiger partial charge in [-0.2, -0.15) is 18.2 Å². The van der Waals surface area contributed by atoms with E-state index in [-0.39, 0.29) is 60.8 Å². The third-order valence-corrected chi connectivity index (χ3v) is 16.4. The van der Waals surface area contributed by atoms with Crippen molar-refractivity contribution in [2.75, 3.05) is 0 Å². The molecule has 0 fully saturated rings. The number of imidazole rings is 1. The number of hydrogen-bond acceptors (Lipinski definition) is 2. The summed E-state index contributed by atoms with van der Waals surface area (Å²) < 4.78 is 114. The second-order valence-electron chi connectivity index (χ2n) is 22.3. The van der Waals surface area contributed by atoms with Crippen LogP contribution in [0.5, 0.6) is 11.5 Å². The summed E-state index contributed by atoms with van der Waals surface area (Å²) in [4.78, 5) is 4.89. The van der Waals surface area contributed by atoms with E-state index in [1.165, 1.54) is 18.2 Å². The molecule has 5 heterocycles. The largest absolute Gasteiger partial charge is 0.510 e. The van der Waals surface area contributed by atoms with Gasteiger partial charge in [0.2, 0.25) is 0 Å². The molecular formula is C78H55N5OPt-2. The molecular weight excluding hydrogens is 1220 g/mol. The number of aryl methyl sites for hydroxylation is 2. The second-order valence-corrected chi connectivity index (χ2v) is 22.3. The summed E-state index contributed by atoms with van der Waals surface area (Å²) >= 11 is 0. The molecule has 410 valence electrons. The van der Waals surface area contributed by atoms with Crippen molar-refractivity contribution in [1.82, 2.24) is 18.7 Å². The van der Waals surface area contributed by atoms with Crippen molar-refractivity contribution in [2.45, 2.75) is 39.9 Å². The number of fused-ring (bicyclic) bond motifs is 13. The minimum atomic E-state index is -2.75. The van der Waals surface area contributed by atoms with Crippen LogP contribution in [0.3, 0.4) is 0 Å². The van der Waals surface area contributed by atoms with E-state index in [0.29, 0.717) is 67.4 Å². The fourth-order valence-corrected chi connectivity index (χ4v) is 12.6. The maximum absolute atomic E-state index is 9.45. The first-order valence-electron chi connectivity index (χ1n) is 33.4. The molecule has 1 aliphatic heterocycles. The van der Waals surface area contributed by atoms with Crippen LogP contribution in [-0.4, -0.2) is 18.7 Å². The Morgan fingerprint density at radius 2 is 1.09 bits per heavy atom. The molecule has 11 aromatic carbocycles. The first-order valence-corrected chi connectivity index (χ1v) is 27.9. The van der Waals surface area contributed by atoms with Crippen LogP contribution in [0, 0.1) is 32.2 Å². The van der Waals surface area contributed by atoms with Gasteiger partial charge in [0.25, 0.3) is 6.33 Å². The Balaban J connectivity index is 0.00000756. The standard InChI is InChI=1S/C78H55N5O.Pt/c1-49-21-19-22-50(2)75(49)53-42-67-61-30-12-10-28-59(61)58-27-9-11-29-60(58)66-41-52(51-23-7-6-8-24-51)43-72-76(66)81(77(67)73(44-53)82-68-34-16-13-31-62(68)63-32-14-17-35-69(63)82)48-80(72)55-25-20-26-56(46-55)84-57-37-38-65-64-33-15-18-36-70(64)83(71(65)47-57)74-45-54(39-40-79-74)78(3,4)5;/h6-45H,1-5H3;/q-2;/i1D3,2D3,6D,7D,8D,23D,24D;. The van der Waals surface area contributed by atoms with E-state index in [1.807, 2.05) is 173 Å². The van der Waals surface area contributed by atoms with Gasteiger partial charge >= 0.3 is 0 Å². The predicted molar refractivity (Wildman–Crippen MR) is 343 cm³/mol. The fraction of sp³-hybridized carbons (Fsp3) is 0.0769. The van der Waals surface area contributed by atoms with Gasteiger partial charge in [-0.3, -0.25) is 4.57 Å². The number of aromatic nitrogens is 5. The molecule has 1 aliphatic rings. The van der Waals surface area contributed by atoms with Gasteiger partial charge in [-0.1, -0.05) is 184 Å². The summed E-state index contributed by atoms with van der Waals surface area (Å²) in [5.41, 5.74) is 11.6. The molecule has 0 aliphatic carbocycles. The molecule has 0 amide bonds. The van der Waals surface area contributed by atoms with Crippen LogP contribution in [0.25, 0.3) is 133 Å². The van der Waals surface area contributed by atoms with Crippen LogP contribution in [-0.2, 0) is 26.5 Å². The predicted octanol–water partition coefficient (Wildman–Crippen LogP) is 19.2. The molecule has 0 radical (unpaired) electrons. The Labute approximate surface area is 523 Å². The summed E-state index contributed by atoms with van der Waals surface area (Å²) in [7, 11) is 0. The minimum absolute atomic E-state index is 0. The van der Waals surface area contributed by atoms with Crippen LogP contribution in [0.4, 0.5) is 0 Å². The summed E-state index contributed by atoms with van der Waals surface area (Å²) in [6, 6.07) is 70.5. The summed E-state index contributed by atoms with van der Waals surface area (Å²) in [5.74, 6) is 1.47. The molecule has 6 nitrogen and oxygen atoms in total. The summed E-state index contributed by atoms with van der Waals surface area (Å²) in [6.07, 6.45) is 5.68. The van der Waals surface area contributed by atoms with Crippen LogP contribution < -0.4 is 9.30 Å². The molecule has 0 saturated carbocycles. The van der Waals surface area contributed by atoms with Crippen LogP contribution in [0.1, 0.15) is 52.5 Å². The number of benzene rings is 11. The van der Waals surface area contributed by atoms with Gasteiger partial charge in [0.15, 0.2) is 0 Å². The molecule has 0 unspecified atom stereocenters. The maximum Gasteiger partial charge on any atom is 0.268 e. The molecule has 0 N–H and O–H groups in total. The Kier molecular flexibility index (Phi) is 9.78. The number of para-hydroxylation sites is 3. The van der Waals surface area contributed by atoms with Gasteiger partial charge in [-0.05, 0) is 151 Å². The Hall–Kier alpha value is -9.87. The zero-order valence-corrected chi connectivity index (χ0v) is 48.4. The average Bonchev–Trinajstić information content (AvgIpc) is 1.59. The minimum Gasteiger partial charge on any atom is -0.510 e. The van der Waals surface area contributed by atoms with E-state index in [0.717, 1.165) is 71.7 Å². The van der Waals surface area contributed by atoms with E-state index in [2.05, 4.69) is 78.7 Å². The summed E-state index contributed by atoms with van der Waals surface area (Å²) in [5, 5.41) is 3.85. The molecule has 0 saturated heterocycles. The third-order valence-electron chi connectivity index (χ3n) is 16.4. The van der Waals surface area contributed by atoms with E-state index in [1.54, 1.807) is 0 Å². The Morgan fingerprint density at radius 3 is 1.76 bits per heavy atom. The first-order chi connectivity index (χ1) is 45.6. The summed E-state index contributed by atoms with van der Waals surface area (Å²) in [6.45, 7) is 1.03. The molecule has 0 atom stereocenters. The Morgan fingerprint density at radius 1 is 0.506 bits per heavy atom. The zero-order chi connectivity index (χ0) is 65.7. The Bertz CT molecular complexity index is 5640. The number of pyridine rings is 1. The van der Waals surface area contributed by atoms with Crippen molar-refractivity contribution >= 4 is 54.6 Å². The van der Waals surface area contributed by atoms with Crippen LogP contribution in [0.2, 0.25) is 0 Å². The molecule has 4 aromatic heterocycles. The van der Waals surface area contributed by atoms with Crippen molar-refractivity contribution < 1.29 is 45.4 Å². The van der Waals surface area contributed by atoms with Gasteiger partial charge in [-0.25, -0.2) is 4.98 Å². The van der Waals surface area contributed by atoms with Gasteiger partial charge in [0.05, 0.1) is 40.3 Å². The van der Waals surface area contributed by atoms with E-state index in [9.17, 15) is 2.74 Å². The quantitative estimate of drug-likeness (QED) is 0.118. The van der Waals surface area contributed by atoms with Crippen molar-refractivity contribution in [3.05, 3.63) is 278 Å². The molecule has 16 rings (SSSR count). The number of nitrogens with zero attached hydrogens (tertiary/aromatic N) is 5. The molecule has 15 aromatic rings. The molecule has 7 heteroatoms. The van der Waals surface area contributed by atoms with Crippen molar-refractivity contribution in [1.29, 1.82) is 0 Å². The van der Waals surface area contributed by atoms with Gasteiger partial charge in [0, 0.05) is 63.3 Å². The molecule has 0 bridgehead atoms. The van der Waals surface area contributed by atoms with Gasteiger partial charge in [-0.15, -0.1) is 29.7 Å². The third kappa shape index (κ3) is 8.41. The zero-order valence-electron chi connectivity index (χ0n) is 57.2. The maximum atomic E-state index is 9.45. The molecule has 0 spiro atoms. The number of rotatable bonds is 7. The monoisotopic (exact) mass is 1280 g/mol. The smallest absolute Gasteiger partial charge is 0.268 e. The normalized spacial score (nSPS) is 14.1. The van der Waals surface area contributed by atoms with Crippen molar-refractivity contribution in [2.24, 2.45) is 0 Å². The fourth-order valence-electron chi connectivity index (χ4n) is 12.6. The van der Waals surface area contributed by atoms with E-state index in [4.69, 9.17) is 22.1 Å². The molecule has 85 heavy (non-hydrogen) atoms. The number of ether oxygens (including phenoxy) is 1. The van der Waals surface area contributed by atoms with Gasteiger partial charge in [0.1, 0.15) is 5.82 Å². The second kappa shape index (κ2) is 20.2. The van der Waals surface area contributed by atoms with Crippen molar-refractivity contribution in [3.8, 4) is 90.0 Å². The van der Waals surface area contributed by atoms with Crippen LogP contribution >= 0.6 is 0 Å². The van der Waals surface area contributed by atoms with Crippen LogP contribution in [0.15, 0.2) is 243 Å². The first kappa shape index (κ1) is 41.2. The van der Waals surface area contributed by atoms with E-state index < -0.39 is 31.8 Å². The topological polar surface area (TPSA) is 40.8 Å². The van der Waals surface area contributed by atoms with Crippen molar-refractivity contribution in [3.63, 3.8) is 0 Å². The van der Waals surface area contributed by atoms with E-state index >= 15 is 0 Å². The average molecular weight is 1280 g/mol. The SMILES string of the molecule is [2H]c1c([2H])c([2H])c(-c2cc3c4c(c2)n(-c2[c-]c(Oc5[c-]c6c(cc5)c5ccccc5n6-c5cc(C(C)(C)C)ccn5)ccc2)[c-][n+]4-c2c(cc(-c4c(C([2H])([2H])[2H])cccc4C([2H])([2H])[2H])cc2-n2c4ccccc4c4ccccc42)-c2ccccc2-c2ccccc2-3)c([2H])c1[2H].[Pt]. The van der Waals surface area contributed by atoms with Gasteiger partial charge < -0.3 is 18.4 Å². The number of hydrogen-bond donors (Lipinski definition) is 0.